The van der Waals surface area contributed by atoms with E-state index in [2.05, 4.69) is 6.92 Å². The highest BCUT2D eigenvalue weighted by atomic mass is 16.4. The molecule has 0 aromatic heterocycles. The van der Waals surface area contributed by atoms with Crippen LogP contribution < -0.4 is 0 Å². The molecule has 74 valence electrons. The number of carboxylic acid groups (broad SMARTS) is 1. The summed E-state index contributed by atoms with van der Waals surface area (Å²) in [6.07, 6.45) is 2.05. The molecule has 0 aliphatic heterocycles. The zero-order chi connectivity index (χ0) is 10.2. The van der Waals surface area contributed by atoms with Gasteiger partial charge in [-0.15, -0.1) is 0 Å². The van der Waals surface area contributed by atoms with Crippen molar-refractivity contribution in [2.75, 3.05) is 0 Å². The first kappa shape index (κ1) is 9.25. The molecule has 2 nitrogen and oxygen atoms in total. The highest BCUT2D eigenvalue weighted by molar-refractivity contribution is 5.77. The van der Waals surface area contributed by atoms with Crippen molar-refractivity contribution in [1.82, 2.24) is 0 Å². The molecule has 0 spiro atoms. The topological polar surface area (TPSA) is 37.3 Å². The van der Waals surface area contributed by atoms with Crippen molar-refractivity contribution in [3.05, 3.63) is 35.9 Å². The summed E-state index contributed by atoms with van der Waals surface area (Å²) in [5, 5.41) is 9.20. The average molecular weight is 190 g/mol. The minimum Gasteiger partial charge on any atom is -0.481 e. The lowest BCUT2D eigenvalue weighted by Crippen LogP contribution is -2.20. The summed E-state index contributed by atoms with van der Waals surface area (Å²) >= 11 is 0. The Morgan fingerprint density at radius 3 is 2.36 bits per heavy atom. The van der Waals surface area contributed by atoms with Crippen LogP contribution in [0.3, 0.4) is 0 Å². The summed E-state index contributed by atoms with van der Waals surface area (Å²) in [4.78, 5) is 11.2. The molecule has 1 aliphatic carbocycles. The standard InChI is InChI=1S/C12H14O2/c1-12(7-8-12)10(11(13)14)9-5-3-2-4-6-9/h2-6,10H,7-8H2,1H3,(H,13,14). The SMILES string of the molecule is CC1(C(C(=O)O)c2ccccc2)CC1. The Labute approximate surface area is 83.6 Å². The van der Waals surface area contributed by atoms with Crippen LogP contribution in [0.4, 0.5) is 0 Å². The average Bonchev–Trinajstić information content (AvgIpc) is 2.85. The molecular weight excluding hydrogens is 176 g/mol. The number of carbonyl (C=O) groups is 1. The van der Waals surface area contributed by atoms with Gasteiger partial charge in [-0.05, 0) is 23.8 Å². The van der Waals surface area contributed by atoms with Gasteiger partial charge >= 0.3 is 5.97 Å². The third-order valence-corrected chi connectivity index (χ3v) is 3.12. The van der Waals surface area contributed by atoms with Crippen molar-refractivity contribution < 1.29 is 9.90 Å². The first-order valence-corrected chi connectivity index (χ1v) is 4.91. The molecule has 1 aliphatic rings. The van der Waals surface area contributed by atoms with E-state index in [-0.39, 0.29) is 11.3 Å². The summed E-state index contributed by atoms with van der Waals surface area (Å²) in [5.41, 5.74) is 0.924. The number of rotatable bonds is 3. The third-order valence-electron chi connectivity index (χ3n) is 3.12. The zero-order valence-electron chi connectivity index (χ0n) is 8.23. The molecule has 1 aromatic rings. The largest absolute Gasteiger partial charge is 0.481 e. The first-order valence-electron chi connectivity index (χ1n) is 4.91. The van der Waals surface area contributed by atoms with E-state index in [1.54, 1.807) is 0 Å². The maximum absolute atomic E-state index is 11.2. The molecule has 1 aromatic carbocycles. The van der Waals surface area contributed by atoms with Crippen molar-refractivity contribution in [2.24, 2.45) is 5.41 Å². The van der Waals surface area contributed by atoms with E-state index in [4.69, 9.17) is 0 Å². The fraction of sp³-hybridized carbons (Fsp3) is 0.417. The first-order chi connectivity index (χ1) is 6.63. The number of hydrogen-bond acceptors (Lipinski definition) is 1. The predicted octanol–water partition coefficient (Wildman–Crippen LogP) is 2.65. The molecule has 2 rings (SSSR count). The van der Waals surface area contributed by atoms with Crippen LogP contribution in [0.15, 0.2) is 30.3 Å². The quantitative estimate of drug-likeness (QED) is 0.795. The molecule has 0 bridgehead atoms. The van der Waals surface area contributed by atoms with E-state index in [1.807, 2.05) is 30.3 Å². The smallest absolute Gasteiger partial charge is 0.311 e. The molecule has 0 amide bonds. The van der Waals surface area contributed by atoms with Gasteiger partial charge in [-0.3, -0.25) is 4.79 Å². The summed E-state index contributed by atoms with van der Waals surface area (Å²) in [5.74, 6) is -1.03. The molecule has 1 unspecified atom stereocenters. The van der Waals surface area contributed by atoms with E-state index in [1.165, 1.54) is 0 Å². The fourth-order valence-corrected chi connectivity index (χ4v) is 1.97. The minimum absolute atomic E-state index is 0.00676. The fourth-order valence-electron chi connectivity index (χ4n) is 1.97. The molecule has 0 heterocycles. The van der Waals surface area contributed by atoms with Gasteiger partial charge in [-0.2, -0.15) is 0 Å². The second-order valence-electron chi connectivity index (χ2n) is 4.34. The molecule has 2 heteroatoms. The van der Waals surface area contributed by atoms with Crippen molar-refractivity contribution in [3.8, 4) is 0 Å². The lowest BCUT2D eigenvalue weighted by molar-refractivity contribution is -0.140. The third kappa shape index (κ3) is 1.52. The van der Waals surface area contributed by atoms with E-state index < -0.39 is 5.97 Å². The second-order valence-corrected chi connectivity index (χ2v) is 4.34. The van der Waals surface area contributed by atoms with Crippen LogP contribution in [0, 0.1) is 5.41 Å². The van der Waals surface area contributed by atoms with Crippen LogP contribution in [0.1, 0.15) is 31.2 Å². The van der Waals surface area contributed by atoms with E-state index in [9.17, 15) is 9.90 Å². The van der Waals surface area contributed by atoms with E-state index in [0.717, 1.165) is 18.4 Å². The van der Waals surface area contributed by atoms with Gasteiger partial charge in [0.1, 0.15) is 0 Å². The van der Waals surface area contributed by atoms with Gasteiger partial charge in [0.05, 0.1) is 5.92 Å². The maximum atomic E-state index is 11.2. The Balaban J connectivity index is 2.33. The minimum atomic E-state index is -0.698. The van der Waals surface area contributed by atoms with Crippen LogP contribution in [0.5, 0.6) is 0 Å². The van der Waals surface area contributed by atoms with Crippen molar-refractivity contribution in [2.45, 2.75) is 25.7 Å². The van der Waals surface area contributed by atoms with Crippen LogP contribution in [-0.2, 0) is 4.79 Å². The lowest BCUT2D eigenvalue weighted by atomic mass is 9.85. The zero-order valence-corrected chi connectivity index (χ0v) is 8.23. The van der Waals surface area contributed by atoms with Crippen LogP contribution >= 0.6 is 0 Å². The number of benzene rings is 1. The van der Waals surface area contributed by atoms with Crippen molar-refractivity contribution >= 4 is 5.97 Å². The molecule has 1 saturated carbocycles. The number of carboxylic acids is 1. The summed E-state index contributed by atoms with van der Waals surface area (Å²) in [6.45, 7) is 2.05. The molecule has 0 saturated heterocycles. The van der Waals surface area contributed by atoms with Crippen molar-refractivity contribution in [3.63, 3.8) is 0 Å². The maximum Gasteiger partial charge on any atom is 0.311 e. The predicted molar refractivity (Wildman–Crippen MR) is 54.2 cm³/mol. The molecular formula is C12H14O2. The number of hydrogen-bond donors (Lipinski definition) is 1. The Kier molecular flexibility index (Phi) is 2.06. The molecule has 1 N–H and O–H groups in total. The second kappa shape index (κ2) is 3.12. The summed E-state index contributed by atoms with van der Waals surface area (Å²) in [6, 6.07) is 9.52. The normalized spacial score (nSPS) is 20.1. The highest BCUT2D eigenvalue weighted by Crippen LogP contribution is 2.55. The summed E-state index contributed by atoms with van der Waals surface area (Å²) in [7, 11) is 0. The van der Waals surface area contributed by atoms with Gasteiger partial charge in [0, 0.05) is 0 Å². The Bertz CT molecular complexity index is 339. The van der Waals surface area contributed by atoms with Gasteiger partial charge in [0.2, 0.25) is 0 Å². The Morgan fingerprint density at radius 1 is 1.36 bits per heavy atom. The van der Waals surface area contributed by atoms with Gasteiger partial charge < -0.3 is 5.11 Å². The van der Waals surface area contributed by atoms with Crippen molar-refractivity contribution in [1.29, 1.82) is 0 Å². The summed E-state index contributed by atoms with van der Waals surface area (Å²) < 4.78 is 0. The molecule has 1 atom stereocenters. The van der Waals surface area contributed by atoms with Crippen LogP contribution in [0.2, 0.25) is 0 Å². The lowest BCUT2D eigenvalue weighted by Gasteiger charge is -2.19. The Morgan fingerprint density at radius 2 is 1.93 bits per heavy atom. The van der Waals surface area contributed by atoms with Gasteiger partial charge in [-0.25, -0.2) is 0 Å². The van der Waals surface area contributed by atoms with Gasteiger partial charge in [-0.1, -0.05) is 37.3 Å². The van der Waals surface area contributed by atoms with Crippen LogP contribution in [0.25, 0.3) is 0 Å². The van der Waals surface area contributed by atoms with E-state index in [0.29, 0.717) is 0 Å². The van der Waals surface area contributed by atoms with Gasteiger partial charge in [0.15, 0.2) is 0 Å². The highest BCUT2D eigenvalue weighted by Gasteiger charge is 2.49. The van der Waals surface area contributed by atoms with E-state index >= 15 is 0 Å². The monoisotopic (exact) mass is 190 g/mol. The Hall–Kier alpha value is -1.31. The molecule has 0 radical (unpaired) electrons. The molecule has 1 fully saturated rings. The molecule has 14 heavy (non-hydrogen) atoms. The number of aliphatic carboxylic acids is 1. The van der Waals surface area contributed by atoms with Gasteiger partial charge in [0.25, 0.3) is 0 Å². The van der Waals surface area contributed by atoms with Crippen LogP contribution in [-0.4, -0.2) is 11.1 Å².